The number of rotatable bonds is 3. The van der Waals surface area contributed by atoms with Crippen LogP contribution in [-0.4, -0.2) is 51.5 Å². The molecular formula is C25H31ClN6. The van der Waals surface area contributed by atoms with Gasteiger partial charge in [0.25, 0.3) is 0 Å². The fourth-order valence-corrected chi connectivity index (χ4v) is 6.05. The Morgan fingerprint density at radius 1 is 1.06 bits per heavy atom. The van der Waals surface area contributed by atoms with Crippen LogP contribution in [0.5, 0.6) is 0 Å². The zero-order chi connectivity index (χ0) is 21.9. The van der Waals surface area contributed by atoms with Crippen LogP contribution in [0.3, 0.4) is 0 Å². The third-order valence-corrected chi connectivity index (χ3v) is 8.20. The second kappa shape index (κ2) is 7.72. The number of imidazole rings is 1. The highest BCUT2D eigenvalue weighted by Gasteiger charge is 2.49. The minimum absolute atomic E-state index is 0.137. The maximum atomic E-state index is 7.06. The minimum Gasteiger partial charge on any atom is -0.355 e. The van der Waals surface area contributed by atoms with Gasteiger partial charge in [-0.2, -0.15) is 0 Å². The molecule has 168 valence electrons. The van der Waals surface area contributed by atoms with Crippen LogP contribution in [0.25, 0.3) is 5.65 Å². The summed E-state index contributed by atoms with van der Waals surface area (Å²) in [6, 6.07) is 10.9. The van der Waals surface area contributed by atoms with Crippen molar-refractivity contribution in [2.24, 2.45) is 0 Å². The number of nitrogens with zero attached hydrogens (tertiary/aromatic N) is 5. The van der Waals surface area contributed by atoms with E-state index in [1.165, 1.54) is 24.2 Å². The van der Waals surface area contributed by atoms with E-state index in [2.05, 4.69) is 62.7 Å². The van der Waals surface area contributed by atoms with Crippen molar-refractivity contribution in [1.82, 2.24) is 24.6 Å². The molecule has 6 rings (SSSR count). The number of fused-ring (bicyclic) bond motifs is 1. The molecule has 3 aromatic heterocycles. The van der Waals surface area contributed by atoms with Gasteiger partial charge in [0.1, 0.15) is 16.6 Å². The summed E-state index contributed by atoms with van der Waals surface area (Å²) in [5.41, 5.74) is 4.63. The van der Waals surface area contributed by atoms with Crippen LogP contribution in [0.15, 0.2) is 36.5 Å². The van der Waals surface area contributed by atoms with E-state index < -0.39 is 0 Å². The molecule has 3 aliphatic rings. The Bertz CT molecular complexity index is 1150. The summed E-state index contributed by atoms with van der Waals surface area (Å²) < 4.78 is 2.16. The molecule has 0 bridgehead atoms. The molecule has 1 N–H and O–H groups in total. The van der Waals surface area contributed by atoms with Crippen molar-refractivity contribution in [2.75, 3.05) is 31.6 Å². The number of anilines is 1. The first kappa shape index (κ1) is 20.5. The van der Waals surface area contributed by atoms with E-state index >= 15 is 0 Å². The number of nitrogens with one attached hydrogen (secondary N) is 1. The van der Waals surface area contributed by atoms with Crippen molar-refractivity contribution in [3.63, 3.8) is 0 Å². The lowest BCUT2D eigenvalue weighted by Crippen LogP contribution is -2.53. The summed E-state index contributed by atoms with van der Waals surface area (Å²) in [6.07, 6.45) is 7.74. The molecule has 0 radical (unpaired) electrons. The fourth-order valence-electron chi connectivity index (χ4n) is 5.70. The van der Waals surface area contributed by atoms with Crippen molar-refractivity contribution < 1.29 is 0 Å². The SMILES string of the molecule is Cc1cccnc1[C@@H]1CCC[C@H](c2nc3cccc(N4CCN(C)C5(CC5)C4)n3c2Cl)N1. The molecule has 7 heteroatoms. The summed E-state index contributed by atoms with van der Waals surface area (Å²) in [5, 5.41) is 4.56. The average Bonchev–Trinajstić information content (AvgIpc) is 3.51. The highest BCUT2D eigenvalue weighted by atomic mass is 35.5. The normalized spacial score (nSPS) is 25.5. The summed E-state index contributed by atoms with van der Waals surface area (Å²) in [7, 11) is 2.27. The molecule has 0 amide bonds. The molecule has 0 unspecified atom stereocenters. The highest BCUT2D eigenvalue weighted by Crippen LogP contribution is 2.44. The van der Waals surface area contributed by atoms with Gasteiger partial charge < -0.3 is 10.2 Å². The van der Waals surface area contributed by atoms with Crippen LogP contribution in [0.1, 0.15) is 61.1 Å². The Hall–Kier alpha value is -2.15. The monoisotopic (exact) mass is 450 g/mol. The van der Waals surface area contributed by atoms with Gasteiger partial charge in [0.15, 0.2) is 0 Å². The summed E-state index contributed by atoms with van der Waals surface area (Å²) >= 11 is 7.06. The number of halogens is 1. The van der Waals surface area contributed by atoms with Crippen LogP contribution in [0.4, 0.5) is 5.82 Å². The summed E-state index contributed by atoms with van der Waals surface area (Å²) in [6.45, 7) is 5.31. The first-order valence-electron chi connectivity index (χ1n) is 11.9. The molecule has 1 aliphatic carbocycles. The molecule has 32 heavy (non-hydrogen) atoms. The van der Waals surface area contributed by atoms with Crippen LogP contribution in [-0.2, 0) is 0 Å². The second-order valence-corrected chi connectivity index (χ2v) is 10.2. The van der Waals surface area contributed by atoms with E-state index in [1.807, 2.05) is 12.3 Å². The number of pyridine rings is 2. The number of likely N-dealkylation sites (N-methyl/N-ethyl adjacent to an activating group) is 1. The molecule has 3 fully saturated rings. The molecule has 6 nitrogen and oxygen atoms in total. The average molecular weight is 451 g/mol. The molecule has 2 atom stereocenters. The number of hydrogen-bond acceptors (Lipinski definition) is 5. The third kappa shape index (κ3) is 3.31. The molecule has 2 aliphatic heterocycles. The largest absolute Gasteiger partial charge is 0.355 e. The Balaban J connectivity index is 1.33. The van der Waals surface area contributed by atoms with Crippen molar-refractivity contribution >= 4 is 23.1 Å². The van der Waals surface area contributed by atoms with Crippen molar-refractivity contribution in [2.45, 2.75) is 56.7 Å². The number of hydrogen-bond donors (Lipinski definition) is 1. The van der Waals surface area contributed by atoms with Crippen LogP contribution in [0, 0.1) is 6.92 Å². The minimum atomic E-state index is 0.137. The van der Waals surface area contributed by atoms with Crippen molar-refractivity contribution in [3.05, 3.63) is 58.6 Å². The van der Waals surface area contributed by atoms with E-state index in [1.54, 1.807) is 0 Å². The van der Waals surface area contributed by atoms with E-state index in [-0.39, 0.29) is 12.1 Å². The zero-order valence-electron chi connectivity index (χ0n) is 18.9. The van der Waals surface area contributed by atoms with Gasteiger partial charge in [-0.15, -0.1) is 0 Å². The number of piperidine rings is 1. The Kier molecular flexibility index (Phi) is 4.93. The molecule has 3 aromatic rings. The van der Waals surface area contributed by atoms with Crippen LogP contribution < -0.4 is 10.2 Å². The van der Waals surface area contributed by atoms with Gasteiger partial charge in [0.05, 0.1) is 23.5 Å². The molecule has 1 saturated carbocycles. The van der Waals surface area contributed by atoms with Gasteiger partial charge in [-0.3, -0.25) is 14.3 Å². The zero-order valence-corrected chi connectivity index (χ0v) is 19.6. The smallest absolute Gasteiger partial charge is 0.139 e. The van der Waals surface area contributed by atoms with E-state index in [9.17, 15) is 0 Å². The topological polar surface area (TPSA) is 48.7 Å². The standard InChI is InChI=1S/C25H31ClN6/c1-17-6-5-13-27-22(17)18-7-3-8-19(28-18)23-24(26)32-20(29-23)9-4-10-21(32)31-15-14-30(2)25(16-31)11-12-25/h4-6,9-10,13,18-19,28H,3,7-8,11-12,14-16H2,1-2H3/t18-,19+/m0/s1. The molecule has 1 spiro atoms. The van der Waals surface area contributed by atoms with Crippen LogP contribution in [0.2, 0.25) is 5.15 Å². The Labute approximate surface area is 194 Å². The molecule has 0 aromatic carbocycles. The van der Waals surface area contributed by atoms with Crippen molar-refractivity contribution in [3.8, 4) is 0 Å². The number of piperazine rings is 1. The predicted octanol–water partition coefficient (Wildman–Crippen LogP) is 4.53. The van der Waals surface area contributed by atoms with Gasteiger partial charge in [0, 0.05) is 31.4 Å². The van der Waals surface area contributed by atoms with Gasteiger partial charge in [-0.1, -0.05) is 23.7 Å². The van der Waals surface area contributed by atoms with Crippen LogP contribution >= 0.6 is 11.6 Å². The van der Waals surface area contributed by atoms with Gasteiger partial charge >= 0.3 is 0 Å². The Morgan fingerprint density at radius 2 is 1.88 bits per heavy atom. The first-order chi connectivity index (χ1) is 15.6. The van der Waals surface area contributed by atoms with Crippen molar-refractivity contribution in [1.29, 1.82) is 0 Å². The maximum absolute atomic E-state index is 7.06. The van der Waals surface area contributed by atoms with E-state index in [0.29, 0.717) is 5.54 Å². The Morgan fingerprint density at radius 3 is 2.66 bits per heavy atom. The first-order valence-corrected chi connectivity index (χ1v) is 12.2. The molecule has 2 saturated heterocycles. The third-order valence-electron chi connectivity index (χ3n) is 7.84. The van der Waals surface area contributed by atoms with E-state index in [4.69, 9.17) is 16.6 Å². The molecular weight excluding hydrogens is 420 g/mol. The second-order valence-electron chi connectivity index (χ2n) is 9.84. The highest BCUT2D eigenvalue weighted by molar-refractivity contribution is 6.30. The van der Waals surface area contributed by atoms with Gasteiger partial charge in [-0.25, -0.2) is 4.98 Å². The predicted molar refractivity (Wildman–Crippen MR) is 128 cm³/mol. The van der Waals surface area contributed by atoms with Gasteiger partial charge in [0.2, 0.25) is 0 Å². The fraction of sp³-hybridized carbons (Fsp3) is 0.520. The lowest BCUT2D eigenvalue weighted by molar-refractivity contribution is 0.198. The summed E-state index contributed by atoms with van der Waals surface area (Å²) in [4.78, 5) is 14.7. The molecule has 5 heterocycles. The number of aryl methyl sites for hydroxylation is 1. The quantitative estimate of drug-likeness (QED) is 0.635. The summed E-state index contributed by atoms with van der Waals surface area (Å²) in [5.74, 6) is 1.17. The maximum Gasteiger partial charge on any atom is 0.139 e. The van der Waals surface area contributed by atoms with Gasteiger partial charge in [-0.05, 0) is 69.8 Å². The lowest BCUT2D eigenvalue weighted by atomic mass is 9.93. The number of aromatic nitrogens is 3. The lowest BCUT2D eigenvalue weighted by Gasteiger charge is -2.41. The van der Waals surface area contributed by atoms with E-state index in [0.717, 1.165) is 61.1 Å².